The number of esters is 1. The number of aromatic nitrogens is 2. The van der Waals surface area contributed by atoms with Gasteiger partial charge in [-0.25, -0.2) is 14.6 Å². The fraction of sp³-hybridized carbons (Fsp3) is 0.154. The van der Waals surface area contributed by atoms with Crippen molar-refractivity contribution < 1.29 is 23.6 Å². The zero-order valence-corrected chi connectivity index (χ0v) is 19.8. The van der Waals surface area contributed by atoms with Crippen molar-refractivity contribution in [1.29, 1.82) is 0 Å². The van der Waals surface area contributed by atoms with Gasteiger partial charge in [0.05, 0.1) is 13.7 Å². The molecule has 8 nitrogen and oxygen atoms in total. The Morgan fingerprint density at radius 2 is 1.83 bits per heavy atom. The van der Waals surface area contributed by atoms with Crippen molar-refractivity contribution in [2.45, 2.75) is 13.3 Å². The van der Waals surface area contributed by atoms with Gasteiger partial charge in [0.1, 0.15) is 17.1 Å². The molecule has 2 aromatic carbocycles. The van der Waals surface area contributed by atoms with E-state index in [0.29, 0.717) is 34.1 Å². The van der Waals surface area contributed by atoms with Gasteiger partial charge in [0.2, 0.25) is 0 Å². The van der Waals surface area contributed by atoms with Gasteiger partial charge in [0.15, 0.2) is 5.76 Å². The Balaban J connectivity index is 1.47. The lowest BCUT2D eigenvalue weighted by Crippen LogP contribution is -2.16. The summed E-state index contributed by atoms with van der Waals surface area (Å²) in [5.74, 6) is -0.108. The SMILES string of the molecule is COC(=O)c1ccc(-c2cccc(-c3onc(C)c3NC(=O)OCCc3ccccc3Cl)c2)cn1. The Bertz CT molecular complexity index is 1350. The van der Waals surface area contributed by atoms with Crippen LogP contribution in [0.25, 0.3) is 22.5 Å². The molecular weight excluding hydrogens is 470 g/mol. The van der Waals surface area contributed by atoms with Crippen molar-refractivity contribution in [3.63, 3.8) is 0 Å². The second kappa shape index (κ2) is 10.8. The van der Waals surface area contributed by atoms with Crippen molar-refractivity contribution in [2.24, 2.45) is 0 Å². The number of hydrogen-bond acceptors (Lipinski definition) is 7. The lowest BCUT2D eigenvalue weighted by Gasteiger charge is -2.09. The van der Waals surface area contributed by atoms with Crippen LogP contribution in [0.1, 0.15) is 21.7 Å². The molecule has 4 aromatic rings. The van der Waals surface area contributed by atoms with Gasteiger partial charge in [0, 0.05) is 28.8 Å². The Morgan fingerprint density at radius 3 is 2.57 bits per heavy atom. The minimum Gasteiger partial charge on any atom is -0.464 e. The normalized spacial score (nSPS) is 10.6. The Morgan fingerprint density at radius 1 is 1.03 bits per heavy atom. The molecule has 9 heteroatoms. The molecule has 1 N–H and O–H groups in total. The predicted octanol–water partition coefficient (Wildman–Crippen LogP) is 5.94. The van der Waals surface area contributed by atoms with Crippen LogP contribution in [0.3, 0.4) is 0 Å². The smallest absolute Gasteiger partial charge is 0.411 e. The van der Waals surface area contributed by atoms with Gasteiger partial charge in [0.25, 0.3) is 0 Å². The maximum absolute atomic E-state index is 12.4. The van der Waals surface area contributed by atoms with Gasteiger partial charge in [-0.2, -0.15) is 0 Å². The zero-order chi connectivity index (χ0) is 24.8. The molecule has 0 saturated heterocycles. The van der Waals surface area contributed by atoms with Crippen molar-refractivity contribution in [2.75, 3.05) is 19.0 Å². The number of anilines is 1. The van der Waals surface area contributed by atoms with E-state index in [1.54, 1.807) is 31.3 Å². The number of carbonyl (C=O) groups is 2. The first-order chi connectivity index (χ1) is 17.0. The number of halogens is 1. The van der Waals surface area contributed by atoms with Gasteiger partial charge in [-0.3, -0.25) is 5.32 Å². The highest BCUT2D eigenvalue weighted by Crippen LogP contribution is 2.33. The van der Waals surface area contributed by atoms with E-state index in [9.17, 15) is 9.59 Å². The maximum Gasteiger partial charge on any atom is 0.411 e. The van der Waals surface area contributed by atoms with Crippen LogP contribution in [0.2, 0.25) is 5.02 Å². The molecule has 2 aromatic heterocycles. The third kappa shape index (κ3) is 5.67. The average molecular weight is 492 g/mol. The molecule has 35 heavy (non-hydrogen) atoms. The summed E-state index contributed by atoms with van der Waals surface area (Å²) in [4.78, 5) is 28.2. The van der Waals surface area contributed by atoms with Gasteiger partial charge in [-0.05, 0) is 36.2 Å². The molecule has 0 saturated carbocycles. The number of hydrogen-bond donors (Lipinski definition) is 1. The first-order valence-electron chi connectivity index (χ1n) is 10.7. The first-order valence-corrected chi connectivity index (χ1v) is 11.1. The van der Waals surface area contributed by atoms with Crippen LogP contribution in [-0.2, 0) is 15.9 Å². The quantitative estimate of drug-likeness (QED) is 0.319. The molecule has 0 bridgehead atoms. The molecule has 0 atom stereocenters. The maximum atomic E-state index is 12.4. The van der Waals surface area contributed by atoms with E-state index in [1.807, 2.05) is 42.5 Å². The van der Waals surface area contributed by atoms with Crippen LogP contribution < -0.4 is 5.32 Å². The average Bonchev–Trinajstić information content (AvgIpc) is 3.24. The molecule has 0 spiro atoms. The van der Waals surface area contributed by atoms with Crippen molar-refractivity contribution >= 4 is 29.4 Å². The van der Waals surface area contributed by atoms with Crippen molar-refractivity contribution in [1.82, 2.24) is 10.1 Å². The fourth-order valence-electron chi connectivity index (χ4n) is 3.44. The van der Waals surface area contributed by atoms with Gasteiger partial charge < -0.3 is 14.0 Å². The molecular formula is C26H22ClN3O5. The summed E-state index contributed by atoms with van der Waals surface area (Å²) in [7, 11) is 1.31. The molecule has 0 radical (unpaired) electrons. The number of methoxy groups -OCH3 is 1. The van der Waals surface area contributed by atoms with Crippen LogP contribution in [0.5, 0.6) is 0 Å². The molecule has 0 aliphatic heterocycles. The summed E-state index contributed by atoms with van der Waals surface area (Å²) < 4.78 is 15.5. The minimum atomic E-state index is -0.622. The number of nitrogens with zero attached hydrogens (tertiary/aromatic N) is 2. The number of aryl methyl sites for hydroxylation is 1. The molecule has 2 heterocycles. The number of carbonyl (C=O) groups excluding carboxylic acids is 2. The van der Waals surface area contributed by atoms with E-state index in [0.717, 1.165) is 16.7 Å². The van der Waals surface area contributed by atoms with E-state index in [4.69, 9.17) is 20.9 Å². The summed E-state index contributed by atoms with van der Waals surface area (Å²) in [5, 5.41) is 7.36. The van der Waals surface area contributed by atoms with Crippen LogP contribution >= 0.6 is 11.6 Å². The summed E-state index contributed by atoms with van der Waals surface area (Å²) in [5.41, 5.74) is 4.39. The highest BCUT2D eigenvalue weighted by atomic mass is 35.5. The molecule has 178 valence electrons. The largest absolute Gasteiger partial charge is 0.464 e. The number of amides is 1. The van der Waals surface area contributed by atoms with Crippen molar-refractivity contribution in [3.05, 3.63) is 88.8 Å². The highest BCUT2D eigenvalue weighted by Gasteiger charge is 2.19. The Hall–Kier alpha value is -4.17. The van der Waals surface area contributed by atoms with E-state index in [-0.39, 0.29) is 12.3 Å². The monoisotopic (exact) mass is 491 g/mol. The minimum absolute atomic E-state index is 0.166. The third-order valence-electron chi connectivity index (χ3n) is 5.27. The Kier molecular flexibility index (Phi) is 7.42. The van der Waals surface area contributed by atoms with Gasteiger partial charge in [-0.15, -0.1) is 0 Å². The van der Waals surface area contributed by atoms with Crippen LogP contribution in [-0.4, -0.2) is 35.9 Å². The van der Waals surface area contributed by atoms with Crippen LogP contribution in [0.4, 0.5) is 10.5 Å². The number of pyridine rings is 1. The van der Waals surface area contributed by atoms with E-state index in [2.05, 4.69) is 20.2 Å². The summed E-state index contributed by atoms with van der Waals surface area (Å²) >= 11 is 6.15. The Labute approximate surface area is 206 Å². The summed E-state index contributed by atoms with van der Waals surface area (Å²) in [6.45, 7) is 1.89. The molecule has 4 rings (SSSR count). The number of benzene rings is 2. The zero-order valence-electron chi connectivity index (χ0n) is 19.1. The lowest BCUT2D eigenvalue weighted by atomic mass is 10.0. The second-order valence-electron chi connectivity index (χ2n) is 7.58. The third-order valence-corrected chi connectivity index (χ3v) is 5.64. The molecule has 0 unspecified atom stereocenters. The molecule has 1 amide bonds. The van der Waals surface area contributed by atoms with Gasteiger partial charge >= 0.3 is 12.1 Å². The topological polar surface area (TPSA) is 104 Å². The first kappa shape index (κ1) is 24.0. The lowest BCUT2D eigenvalue weighted by molar-refractivity contribution is 0.0594. The standard InChI is InChI=1S/C26H22ClN3O5/c1-16-23(29-26(32)34-13-12-17-6-3-4-9-21(17)27)24(35-30-16)19-8-5-7-18(14-19)20-10-11-22(28-15-20)25(31)33-2/h3-11,14-15H,12-13H2,1-2H3,(H,29,32). The molecule has 0 aliphatic carbocycles. The van der Waals surface area contributed by atoms with Crippen molar-refractivity contribution in [3.8, 4) is 22.5 Å². The summed E-state index contributed by atoms with van der Waals surface area (Å²) in [6, 6.07) is 18.2. The number of rotatable bonds is 7. The summed E-state index contributed by atoms with van der Waals surface area (Å²) in [6.07, 6.45) is 1.46. The molecule has 0 fully saturated rings. The van der Waals surface area contributed by atoms with Gasteiger partial charge in [-0.1, -0.05) is 59.2 Å². The highest BCUT2D eigenvalue weighted by molar-refractivity contribution is 6.31. The van der Waals surface area contributed by atoms with E-state index in [1.165, 1.54) is 7.11 Å². The predicted molar refractivity (Wildman–Crippen MR) is 131 cm³/mol. The molecule has 0 aliphatic rings. The second-order valence-corrected chi connectivity index (χ2v) is 7.99. The number of ether oxygens (including phenoxy) is 2. The van der Waals surface area contributed by atoms with E-state index >= 15 is 0 Å². The fourth-order valence-corrected chi connectivity index (χ4v) is 3.67. The van der Waals surface area contributed by atoms with Crippen LogP contribution in [0.15, 0.2) is 71.4 Å². The van der Waals surface area contributed by atoms with E-state index < -0.39 is 12.1 Å². The number of nitrogens with one attached hydrogen (secondary N) is 1. The van der Waals surface area contributed by atoms with Crippen LogP contribution in [0, 0.1) is 6.92 Å².